The van der Waals surface area contributed by atoms with Gasteiger partial charge in [0.2, 0.25) is 6.79 Å². The Morgan fingerprint density at radius 2 is 1.79 bits per heavy atom. The van der Waals surface area contributed by atoms with Gasteiger partial charge in [-0.05, 0) is 31.7 Å². The van der Waals surface area contributed by atoms with E-state index in [1.807, 2.05) is 12.1 Å². The summed E-state index contributed by atoms with van der Waals surface area (Å²) in [4.78, 5) is 16.0. The molecule has 4 rings (SSSR count). The summed E-state index contributed by atoms with van der Waals surface area (Å²) in [5, 5.41) is 0.713. The van der Waals surface area contributed by atoms with Crippen LogP contribution in [0.4, 0.5) is 0 Å². The first-order chi connectivity index (χ1) is 9.33. The summed E-state index contributed by atoms with van der Waals surface area (Å²) in [6.07, 6.45) is 5.30. The van der Waals surface area contributed by atoms with Crippen molar-refractivity contribution >= 4 is 10.9 Å². The SMILES string of the molecule is O=c1c2c([nH]c3cc4c(cc13)OCO4)CCCCC2. The highest BCUT2D eigenvalue weighted by molar-refractivity contribution is 5.83. The number of hydrogen-bond acceptors (Lipinski definition) is 3. The van der Waals surface area contributed by atoms with Crippen LogP contribution < -0.4 is 14.9 Å². The third-order valence-corrected chi connectivity index (χ3v) is 4.03. The summed E-state index contributed by atoms with van der Waals surface area (Å²) >= 11 is 0. The third-order valence-electron chi connectivity index (χ3n) is 4.03. The van der Waals surface area contributed by atoms with E-state index in [4.69, 9.17) is 9.47 Å². The molecule has 1 aliphatic heterocycles. The van der Waals surface area contributed by atoms with Gasteiger partial charge in [-0.25, -0.2) is 0 Å². The molecule has 0 saturated heterocycles. The van der Waals surface area contributed by atoms with Gasteiger partial charge in [0.1, 0.15) is 0 Å². The highest BCUT2D eigenvalue weighted by atomic mass is 16.7. The van der Waals surface area contributed by atoms with E-state index in [2.05, 4.69) is 4.98 Å². The standard InChI is InChI=1S/C15H15NO3/c17-15-9-4-2-1-3-5-11(9)16-12-7-14-13(6-10(12)15)18-8-19-14/h6-7H,1-5,8H2,(H,16,17). The van der Waals surface area contributed by atoms with Gasteiger partial charge in [0.25, 0.3) is 0 Å². The van der Waals surface area contributed by atoms with Crippen LogP contribution in [0.25, 0.3) is 10.9 Å². The lowest BCUT2D eigenvalue weighted by Gasteiger charge is -2.08. The minimum Gasteiger partial charge on any atom is -0.454 e. The molecule has 0 fully saturated rings. The fraction of sp³-hybridized carbons (Fsp3) is 0.400. The quantitative estimate of drug-likeness (QED) is 0.738. The monoisotopic (exact) mass is 257 g/mol. The number of aromatic amines is 1. The van der Waals surface area contributed by atoms with Crippen LogP contribution >= 0.6 is 0 Å². The molecule has 2 aromatic rings. The Morgan fingerprint density at radius 1 is 1.00 bits per heavy atom. The van der Waals surface area contributed by atoms with Crippen LogP contribution in [0.1, 0.15) is 30.5 Å². The number of ether oxygens (including phenoxy) is 2. The number of aryl methyl sites for hydroxylation is 1. The molecule has 1 aromatic heterocycles. The number of benzene rings is 1. The summed E-state index contributed by atoms with van der Waals surface area (Å²) in [6.45, 7) is 0.236. The lowest BCUT2D eigenvalue weighted by atomic mass is 10.0. The van der Waals surface area contributed by atoms with Crippen molar-refractivity contribution in [2.24, 2.45) is 0 Å². The number of hydrogen-bond donors (Lipinski definition) is 1. The summed E-state index contributed by atoms with van der Waals surface area (Å²) in [6, 6.07) is 3.69. The molecule has 1 N–H and O–H groups in total. The molecule has 0 radical (unpaired) electrons. The fourth-order valence-electron chi connectivity index (χ4n) is 3.03. The molecule has 1 aromatic carbocycles. The highest BCUT2D eigenvalue weighted by Gasteiger charge is 2.19. The first kappa shape index (κ1) is 10.9. The molecule has 0 atom stereocenters. The lowest BCUT2D eigenvalue weighted by molar-refractivity contribution is 0.174. The molecular formula is C15H15NO3. The molecule has 98 valence electrons. The number of aromatic nitrogens is 1. The second-order valence-corrected chi connectivity index (χ2v) is 5.22. The van der Waals surface area contributed by atoms with Crippen molar-refractivity contribution in [1.29, 1.82) is 0 Å². The van der Waals surface area contributed by atoms with Crippen LogP contribution in [-0.4, -0.2) is 11.8 Å². The molecule has 4 heteroatoms. The van der Waals surface area contributed by atoms with Gasteiger partial charge in [-0.15, -0.1) is 0 Å². The number of fused-ring (bicyclic) bond motifs is 3. The predicted octanol–water partition coefficient (Wildman–Crippen LogP) is 2.53. The van der Waals surface area contributed by atoms with Crippen LogP contribution in [0, 0.1) is 0 Å². The molecule has 2 heterocycles. The van der Waals surface area contributed by atoms with E-state index in [1.165, 1.54) is 6.42 Å². The highest BCUT2D eigenvalue weighted by Crippen LogP contribution is 2.35. The van der Waals surface area contributed by atoms with E-state index in [1.54, 1.807) is 0 Å². The van der Waals surface area contributed by atoms with E-state index in [9.17, 15) is 4.79 Å². The first-order valence-corrected chi connectivity index (χ1v) is 6.80. The van der Waals surface area contributed by atoms with Crippen LogP contribution in [0.15, 0.2) is 16.9 Å². The van der Waals surface area contributed by atoms with Crippen LogP contribution in [0.2, 0.25) is 0 Å². The third kappa shape index (κ3) is 1.63. The van der Waals surface area contributed by atoms with Gasteiger partial charge < -0.3 is 14.5 Å². The summed E-state index contributed by atoms with van der Waals surface area (Å²) in [5.41, 5.74) is 3.08. The second-order valence-electron chi connectivity index (χ2n) is 5.22. The first-order valence-electron chi connectivity index (χ1n) is 6.80. The molecule has 0 unspecified atom stereocenters. The summed E-state index contributed by atoms with van der Waals surface area (Å²) < 4.78 is 10.7. The summed E-state index contributed by atoms with van der Waals surface area (Å²) in [7, 11) is 0. The van der Waals surface area contributed by atoms with E-state index < -0.39 is 0 Å². The van der Waals surface area contributed by atoms with Crippen molar-refractivity contribution in [3.63, 3.8) is 0 Å². The average molecular weight is 257 g/mol. The Kier molecular flexibility index (Phi) is 2.31. The van der Waals surface area contributed by atoms with E-state index in [0.717, 1.165) is 48.2 Å². The zero-order valence-corrected chi connectivity index (χ0v) is 10.6. The van der Waals surface area contributed by atoms with E-state index in [0.29, 0.717) is 11.1 Å². The number of pyridine rings is 1. The Bertz CT molecular complexity index is 717. The Labute approximate surface area is 110 Å². The smallest absolute Gasteiger partial charge is 0.231 e. The zero-order valence-electron chi connectivity index (χ0n) is 10.6. The van der Waals surface area contributed by atoms with Gasteiger partial charge >= 0.3 is 0 Å². The maximum atomic E-state index is 12.6. The molecule has 2 aliphatic rings. The number of rotatable bonds is 0. The van der Waals surface area contributed by atoms with Gasteiger partial charge in [0.15, 0.2) is 16.9 Å². The minimum absolute atomic E-state index is 0.156. The normalized spacial score (nSPS) is 17.3. The maximum absolute atomic E-state index is 12.6. The van der Waals surface area contributed by atoms with Crippen molar-refractivity contribution in [2.75, 3.05) is 6.79 Å². The molecule has 0 spiro atoms. The van der Waals surface area contributed by atoms with Crippen LogP contribution in [0.5, 0.6) is 11.5 Å². The second kappa shape index (κ2) is 4.02. The Balaban J connectivity index is 2.02. The van der Waals surface area contributed by atoms with Gasteiger partial charge in [0, 0.05) is 22.7 Å². The number of nitrogens with one attached hydrogen (secondary N) is 1. The molecular weight excluding hydrogens is 242 g/mol. The van der Waals surface area contributed by atoms with Crippen molar-refractivity contribution < 1.29 is 9.47 Å². The summed E-state index contributed by atoms with van der Waals surface area (Å²) in [5.74, 6) is 1.39. The average Bonchev–Trinajstić information content (AvgIpc) is 2.73. The number of H-pyrrole nitrogens is 1. The van der Waals surface area contributed by atoms with E-state index >= 15 is 0 Å². The van der Waals surface area contributed by atoms with Crippen molar-refractivity contribution in [1.82, 2.24) is 4.98 Å². The van der Waals surface area contributed by atoms with Gasteiger partial charge in [0.05, 0.1) is 5.52 Å². The van der Waals surface area contributed by atoms with Gasteiger partial charge in [-0.1, -0.05) is 6.42 Å². The van der Waals surface area contributed by atoms with Crippen molar-refractivity contribution in [3.8, 4) is 11.5 Å². The molecule has 19 heavy (non-hydrogen) atoms. The van der Waals surface area contributed by atoms with E-state index in [-0.39, 0.29) is 12.2 Å². The fourth-order valence-corrected chi connectivity index (χ4v) is 3.03. The predicted molar refractivity (Wildman–Crippen MR) is 72.0 cm³/mol. The van der Waals surface area contributed by atoms with Crippen LogP contribution in [-0.2, 0) is 12.8 Å². The molecule has 0 saturated carbocycles. The largest absolute Gasteiger partial charge is 0.454 e. The Hall–Kier alpha value is -1.97. The Morgan fingerprint density at radius 3 is 2.68 bits per heavy atom. The van der Waals surface area contributed by atoms with Crippen molar-refractivity contribution in [3.05, 3.63) is 33.6 Å². The van der Waals surface area contributed by atoms with Crippen LogP contribution in [0.3, 0.4) is 0 Å². The van der Waals surface area contributed by atoms with Gasteiger partial charge in [-0.3, -0.25) is 4.79 Å². The zero-order chi connectivity index (χ0) is 12.8. The molecule has 4 nitrogen and oxygen atoms in total. The molecule has 0 amide bonds. The topological polar surface area (TPSA) is 51.3 Å². The molecule has 0 bridgehead atoms. The van der Waals surface area contributed by atoms with Crippen molar-refractivity contribution in [2.45, 2.75) is 32.1 Å². The lowest BCUT2D eigenvalue weighted by Crippen LogP contribution is -2.14. The minimum atomic E-state index is 0.156. The maximum Gasteiger partial charge on any atom is 0.231 e. The van der Waals surface area contributed by atoms with Gasteiger partial charge in [-0.2, -0.15) is 0 Å². The molecule has 1 aliphatic carbocycles.